The predicted molar refractivity (Wildman–Crippen MR) is 69.6 cm³/mol. The second-order valence-electron chi connectivity index (χ2n) is 6.11. The SMILES string of the molecule is CN(C)CCN1C(N)=NCC1CC(C)(C)C. The van der Waals surface area contributed by atoms with E-state index in [1.54, 1.807) is 0 Å². The van der Waals surface area contributed by atoms with Gasteiger partial charge < -0.3 is 15.5 Å². The van der Waals surface area contributed by atoms with E-state index in [1.807, 2.05) is 0 Å². The van der Waals surface area contributed by atoms with E-state index >= 15 is 0 Å². The Morgan fingerprint density at radius 3 is 2.56 bits per heavy atom. The number of nitrogens with zero attached hydrogens (tertiary/aromatic N) is 3. The molecular formula is C12H26N4. The monoisotopic (exact) mass is 226 g/mol. The van der Waals surface area contributed by atoms with Crippen LogP contribution in [0.5, 0.6) is 0 Å². The van der Waals surface area contributed by atoms with E-state index in [-0.39, 0.29) is 0 Å². The van der Waals surface area contributed by atoms with E-state index < -0.39 is 0 Å². The first kappa shape index (κ1) is 13.3. The lowest BCUT2D eigenvalue weighted by Gasteiger charge is -2.32. The summed E-state index contributed by atoms with van der Waals surface area (Å²) < 4.78 is 0. The van der Waals surface area contributed by atoms with Crippen molar-refractivity contribution in [3.05, 3.63) is 0 Å². The van der Waals surface area contributed by atoms with E-state index in [4.69, 9.17) is 5.73 Å². The second kappa shape index (κ2) is 5.04. The molecule has 1 atom stereocenters. The molecule has 0 aromatic rings. The van der Waals surface area contributed by atoms with E-state index in [1.165, 1.54) is 0 Å². The molecular weight excluding hydrogens is 200 g/mol. The van der Waals surface area contributed by atoms with Gasteiger partial charge in [0.1, 0.15) is 0 Å². The van der Waals surface area contributed by atoms with Gasteiger partial charge in [0.15, 0.2) is 5.96 Å². The van der Waals surface area contributed by atoms with Crippen LogP contribution in [-0.2, 0) is 0 Å². The lowest BCUT2D eigenvalue weighted by molar-refractivity contribution is 0.226. The molecule has 0 aliphatic carbocycles. The van der Waals surface area contributed by atoms with Crippen LogP contribution in [0.3, 0.4) is 0 Å². The lowest BCUT2D eigenvalue weighted by atomic mass is 9.88. The van der Waals surface area contributed by atoms with Crippen molar-refractivity contribution in [3.63, 3.8) is 0 Å². The number of likely N-dealkylation sites (N-methyl/N-ethyl adjacent to an activating group) is 1. The van der Waals surface area contributed by atoms with Crippen molar-refractivity contribution in [3.8, 4) is 0 Å². The zero-order chi connectivity index (χ0) is 12.3. The van der Waals surface area contributed by atoms with Gasteiger partial charge in [-0.1, -0.05) is 20.8 Å². The Morgan fingerprint density at radius 1 is 1.44 bits per heavy atom. The zero-order valence-electron chi connectivity index (χ0n) is 11.3. The van der Waals surface area contributed by atoms with E-state index in [9.17, 15) is 0 Å². The van der Waals surface area contributed by atoms with Crippen molar-refractivity contribution >= 4 is 5.96 Å². The predicted octanol–water partition coefficient (Wildman–Crippen LogP) is 0.983. The molecule has 0 amide bonds. The molecule has 0 saturated carbocycles. The zero-order valence-corrected chi connectivity index (χ0v) is 11.3. The Morgan fingerprint density at radius 2 is 2.06 bits per heavy atom. The van der Waals surface area contributed by atoms with Crippen LogP contribution in [0, 0.1) is 5.41 Å². The smallest absolute Gasteiger partial charge is 0.191 e. The highest BCUT2D eigenvalue weighted by Gasteiger charge is 2.29. The number of hydrogen-bond donors (Lipinski definition) is 1. The first-order chi connectivity index (χ1) is 7.29. The molecule has 4 heteroatoms. The quantitative estimate of drug-likeness (QED) is 0.777. The summed E-state index contributed by atoms with van der Waals surface area (Å²) >= 11 is 0. The van der Waals surface area contributed by atoms with Gasteiger partial charge in [0, 0.05) is 13.1 Å². The second-order valence-corrected chi connectivity index (χ2v) is 6.11. The van der Waals surface area contributed by atoms with E-state index in [2.05, 4.69) is 49.7 Å². The summed E-state index contributed by atoms with van der Waals surface area (Å²) in [4.78, 5) is 8.80. The average Bonchev–Trinajstić information content (AvgIpc) is 2.41. The van der Waals surface area contributed by atoms with Gasteiger partial charge in [-0.15, -0.1) is 0 Å². The normalized spacial score (nSPS) is 21.8. The summed E-state index contributed by atoms with van der Waals surface area (Å²) in [5.74, 6) is 0.719. The first-order valence-electron chi connectivity index (χ1n) is 6.01. The number of hydrogen-bond acceptors (Lipinski definition) is 4. The maximum Gasteiger partial charge on any atom is 0.191 e. The van der Waals surface area contributed by atoms with Crippen LogP contribution >= 0.6 is 0 Å². The number of guanidine groups is 1. The lowest BCUT2D eigenvalue weighted by Crippen LogP contribution is -2.45. The standard InChI is InChI=1S/C12H26N4/c1-12(2,3)8-10-9-14-11(13)16(10)7-6-15(4)5/h10H,6-9H2,1-5H3,(H2,13,14). The summed E-state index contributed by atoms with van der Waals surface area (Å²) in [5, 5.41) is 0. The molecule has 1 rings (SSSR count). The third-order valence-electron chi connectivity index (χ3n) is 2.84. The molecule has 2 N–H and O–H groups in total. The topological polar surface area (TPSA) is 44.9 Å². The highest BCUT2D eigenvalue weighted by Crippen LogP contribution is 2.25. The molecule has 94 valence electrons. The van der Waals surface area contributed by atoms with Crippen LogP contribution in [0.15, 0.2) is 4.99 Å². The Kier molecular flexibility index (Phi) is 4.19. The minimum atomic E-state index is 0.334. The molecule has 0 spiro atoms. The molecule has 1 aliphatic heterocycles. The van der Waals surface area contributed by atoms with Crippen molar-refractivity contribution in [2.45, 2.75) is 33.2 Å². The molecule has 0 aromatic heterocycles. The Bertz CT molecular complexity index is 252. The van der Waals surface area contributed by atoms with Crippen LogP contribution in [-0.4, -0.2) is 55.5 Å². The molecule has 1 aliphatic rings. The first-order valence-corrected chi connectivity index (χ1v) is 6.01. The molecule has 4 nitrogen and oxygen atoms in total. The number of rotatable bonds is 4. The molecule has 0 bridgehead atoms. The van der Waals surface area contributed by atoms with Crippen molar-refractivity contribution in [1.82, 2.24) is 9.80 Å². The maximum atomic E-state index is 5.93. The maximum absolute atomic E-state index is 5.93. The molecule has 0 aromatic carbocycles. The van der Waals surface area contributed by atoms with Gasteiger partial charge >= 0.3 is 0 Å². The van der Waals surface area contributed by atoms with Crippen molar-refractivity contribution in [1.29, 1.82) is 0 Å². The number of aliphatic imine (C=N–C) groups is 1. The summed E-state index contributed by atoms with van der Waals surface area (Å²) in [5.41, 5.74) is 6.27. The minimum absolute atomic E-state index is 0.334. The van der Waals surface area contributed by atoms with Crippen LogP contribution in [0.2, 0.25) is 0 Å². The molecule has 16 heavy (non-hydrogen) atoms. The summed E-state index contributed by atoms with van der Waals surface area (Å²) in [7, 11) is 4.17. The highest BCUT2D eigenvalue weighted by atomic mass is 15.3. The third-order valence-corrected chi connectivity index (χ3v) is 2.84. The van der Waals surface area contributed by atoms with Crippen LogP contribution < -0.4 is 5.73 Å². The largest absolute Gasteiger partial charge is 0.370 e. The molecule has 0 radical (unpaired) electrons. The van der Waals surface area contributed by atoms with Gasteiger partial charge in [-0.25, -0.2) is 0 Å². The van der Waals surface area contributed by atoms with Crippen LogP contribution in [0.1, 0.15) is 27.2 Å². The van der Waals surface area contributed by atoms with Crippen LogP contribution in [0.25, 0.3) is 0 Å². The summed E-state index contributed by atoms with van der Waals surface area (Å²) in [6.07, 6.45) is 1.14. The van der Waals surface area contributed by atoms with Gasteiger partial charge in [-0.2, -0.15) is 0 Å². The van der Waals surface area contributed by atoms with Crippen molar-refractivity contribution < 1.29 is 0 Å². The van der Waals surface area contributed by atoms with E-state index in [0.29, 0.717) is 11.5 Å². The molecule has 0 fully saturated rings. The van der Waals surface area contributed by atoms with Gasteiger partial charge in [-0.3, -0.25) is 4.99 Å². The fourth-order valence-corrected chi connectivity index (χ4v) is 2.06. The third kappa shape index (κ3) is 4.00. The van der Waals surface area contributed by atoms with Gasteiger partial charge in [0.05, 0.1) is 12.6 Å². The Hall–Kier alpha value is -0.770. The average molecular weight is 226 g/mol. The van der Waals surface area contributed by atoms with Crippen molar-refractivity contribution in [2.75, 3.05) is 33.7 Å². The van der Waals surface area contributed by atoms with Crippen molar-refractivity contribution in [2.24, 2.45) is 16.1 Å². The van der Waals surface area contributed by atoms with E-state index in [0.717, 1.165) is 32.0 Å². The van der Waals surface area contributed by atoms with Crippen LogP contribution in [0.4, 0.5) is 0 Å². The molecule has 1 heterocycles. The van der Waals surface area contributed by atoms with Gasteiger partial charge in [0.25, 0.3) is 0 Å². The number of nitrogens with two attached hydrogens (primary N) is 1. The molecule has 0 saturated heterocycles. The summed E-state index contributed by atoms with van der Waals surface area (Å²) in [6.45, 7) is 9.67. The molecule has 1 unspecified atom stereocenters. The summed E-state index contributed by atoms with van der Waals surface area (Å²) in [6, 6.07) is 0.486. The van der Waals surface area contributed by atoms with Gasteiger partial charge in [-0.05, 0) is 25.9 Å². The Labute approximate surface area is 99.5 Å². The van der Waals surface area contributed by atoms with Gasteiger partial charge in [0.2, 0.25) is 0 Å². The fraction of sp³-hybridized carbons (Fsp3) is 0.917. The minimum Gasteiger partial charge on any atom is -0.370 e. The fourth-order valence-electron chi connectivity index (χ4n) is 2.06. The highest BCUT2D eigenvalue weighted by molar-refractivity contribution is 5.80. The Balaban J connectivity index is 2.52.